The fourth-order valence-electron chi connectivity index (χ4n) is 1.30. The fourth-order valence-corrected chi connectivity index (χ4v) is 1.30. The second-order valence-electron chi connectivity index (χ2n) is 3.97. The van der Waals surface area contributed by atoms with E-state index in [0.29, 0.717) is 0 Å². The molecular formula is C13H18N2O4. The quantitative estimate of drug-likeness (QED) is 0.753. The van der Waals surface area contributed by atoms with E-state index >= 15 is 0 Å². The second-order valence-corrected chi connectivity index (χ2v) is 3.97. The van der Waals surface area contributed by atoms with Gasteiger partial charge in [-0.3, -0.25) is 9.63 Å². The van der Waals surface area contributed by atoms with Gasteiger partial charge in [0.05, 0.1) is 7.11 Å². The minimum absolute atomic E-state index is 0.0992. The minimum atomic E-state index is -0.554. The Morgan fingerprint density at radius 1 is 1.16 bits per heavy atom. The molecule has 19 heavy (non-hydrogen) atoms. The fraction of sp³-hybridized carbons (Fsp3) is 0.385. The summed E-state index contributed by atoms with van der Waals surface area (Å²) in [5, 5.41) is 1.06. The summed E-state index contributed by atoms with van der Waals surface area (Å²) in [5.41, 5.74) is 0.893. The van der Waals surface area contributed by atoms with Crippen LogP contribution in [0.1, 0.15) is 5.56 Å². The predicted molar refractivity (Wildman–Crippen MR) is 69.0 cm³/mol. The molecule has 0 aliphatic heterocycles. The highest BCUT2D eigenvalue weighted by atomic mass is 16.7. The predicted octanol–water partition coefficient (Wildman–Crippen LogP) is 1.27. The van der Waals surface area contributed by atoms with Gasteiger partial charge in [0.15, 0.2) is 0 Å². The first kappa shape index (κ1) is 15.0. The Labute approximate surface area is 112 Å². The lowest BCUT2D eigenvalue weighted by molar-refractivity contribution is -0.169. The van der Waals surface area contributed by atoms with E-state index < -0.39 is 6.09 Å². The van der Waals surface area contributed by atoms with E-state index in [-0.39, 0.29) is 19.1 Å². The van der Waals surface area contributed by atoms with Crippen molar-refractivity contribution in [2.45, 2.75) is 6.61 Å². The zero-order valence-electron chi connectivity index (χ0n) is 11.3. The van der Waals surface area contributed by atoms with Gasteiger partial charge < -0.3 is 9.64 Å². The van der Waals surface area contributed by atoms with Crippen LogP contribution in [0.5, 0.6) is 0 Å². The van der Waals surface area contributed by atoms with Crippen LogP contribution in [0.2, 0.25) is 0 Å². The summed E-state index contributed by atoms with van der Waals surface area (Å²) in [6, 6.07) is 9.33. The summed E-state index contributed by atoms with van der Waals surface area (Å²) in [7, 11) is 4.35. The lowest BCUT2D eigenvalue weighted by Gasteiger charge is -2.19. The largest absolute Gasteiger partial charge is 0.445 e. The van der Waals surface area contributed by atoms with Gasteiger partial charge in [-0.2, -0.15) is 0 Å². The van der Waals surface area contributed by atoms with Gasteiger partial charge in [-0.1, -0.05) is 30.3 Å². The number of rotatable bonds is 5. The van der Waals surface area contributed by atoms with Crippen molar-refractivity contribution in [1.29, 1.82) is 0 Å². The Balaban J connectivity index is 2.39. The smallest absolute Gasteiger partial charge is 0.410 e. The molecule has 0 saturated heterocycles. The Morgan fingerprint density at radius 2 is 1.79 bits per heavy atom. The molecule has 0 bridgehead atoms. The van der Waals surface area contributed by atoms with Crippen LogP contribution in [0.3, 0.4) is 0 Å². The first-order chi connectivity index (χ1) is 9.04. The van der Waals surface area contributed by atoms with E-state index in [9.17, 15) is 9.59 Å². The summed E-state index contributed by atoms with van der Waals surface area (Å²) >= 11 is 0. The van der Waals surface area contributed by atoms with Crippen molar-refractivity contribution in [2.24, 2.45) is 0 Å². The molecule has 0 fully saturated rings. The monoisotopic (exact) mass is 266 g/mol. The highest BCUT2D eigenvalue weighted by molar-refractivity contribution is 5.81. The van der Waals surface area contributed by atoms with E-state index in [1.165, 1.54) is 26.1 Å². The molecule has 0 atom stereocenters. The Morgan fingerprint density at radius 3 is 2.37 bits per heavy atom. The molecule has 0 heterocycles. The normalized spacial score (nSPS) is 9.84. The standard InChI is InChI=1S/C13H18N2O4/c1-14(9-12(16)15(2)18-3)13(17)19-10-11-7-5-4-6-8-11/h4-8H,9-10H2,1-3H3. The van der Waals surface area contributed by atoms with Crippen LogP contribution < -0.4 is 0 Å². The maximum Gasteiger partial charge on any atom is 0.410 e. The van der Waals surface area contributed by atoms with Crippen molar-refractivity contribution in [3.63, 3.8) is 0 Å². The number of carbonyl (C=O) groups excluding carboxylic acids is 2. The van der Waals surface area contributed by atoms with E-state index in [1.54, 1.807) is 0 Å². The molecule has 6 nitrogen and oxygen atoms in total. The van der Waals surface area contributed by atoms with Gasteiger partial charge in [-0.25, -0.2) is 9.86 Å². The molecule has 1 aromatic carbocycles. The minimum Gasteiger partial charge on any atom is -0.445 e. The van der Waals surface area contributed by atoms with Gasteiger partial charge in [0.1, 0.15) is 13.2 Å². The summed E-state index contributed by atoms with van der Waals surface area (Å²) in [4.78, 5) is 29.1. The molecule has 0 aliphatic carbocycles. The Hall–Kier alpha value is -2.08. The lowest BCUT2D eigenvalue weighted by Crippen LogP contribution is -2.39. The van der Waals surface area contributed by atoms with Crippen LogP contribution in [0.25, 0.3) is 0 Å². The van der Waals surface area contributed by atoms with Crippen molar-refractivity contribution < 1.29 is 19.2 Å². The Bertz CT molecular complexity index is 422. The van der Waals surface area contributed by atoms with Crippen molar-refractivity contribution in [1.82, 2.24) is 9.96 Å². The van der Waals surface area contributed by atoms with Crippen LogP contribution in [-0.2, 0) is 21.0 Å². The molecule has 0 aromatic heterocycles. The van der Waals surface area contributed by atoms with Crippen LogP contribution in [0.15, 0.2) is 30.3 Å². The molecule has 0 spiro atoms. The van der Waals surface area contributed by atoms with Gasteiger partial charge in [0, 0.05) is 14.1 Å². The molecular weight excluding hydrogens is 248 g/mol. The van der Waals surface area contributed by atoms with Crippen molar-refractivity contribution >= 4 is 12.0 Å². The molecule has 0 unspecified atom stereocenters. The Kier molecular flexibility index (Phi) is 5.81. The number of benzene rings is 1. The molecule has 0 aliphatic rings. The van der Waals surface area contributed by atoms with Crippen LogP contribution in [0, 0.1) is 0 Å². The van der Waals surface area contributed by atoms with E-state index in [1.807, 2.05) is 30.3 Å². The third kappa shape index (κ3) is 4.97. The number of carbonyl (C=O) groups is 2. The van der Waals surface area contributed by atoms with Gasteiger partial charge in [0.25, 0.3) is 5.91 Å². The first-order valence-corrected chi connectivity index (χ1v) is 5.77. The average molecular weight is 266 g/mol. The number of hydroxylamine groups is 2. The summed E-state index contributed by atoms with van der Waals surface area (Å²) in [6.45, 7) is 0.0796. The number of ether oxygens (including phenoxy) is 1. The maximum absolute atomic E-state index is 11.7. The molecule has 6 heteroatoms. The summed E-state index contributed by atoms with van der Waals surface area (Å²) in [6.07, 6.45) is -0.554. The molecule has 2 amide bonds. The van der Waals surface area contributed by atoms with Gasteiger partial charge in [0.2, 0.25) is 0 Å². The van der Waals surface area contributed by atoms with Crippen molar-refractivity contribution in [3.05, 3.63) is 35.9 Å². The zero-order chi connectivity index (χ0) is 14.3. The van der Waals surface area contributed by atoms with Crippen LogP contribution >= 0.6 is 0 Å². The van der Waals surface area contributed by atoms with Crippen molar-refractivity contribution in [3.8, 4) is 0 Å². The van der Waals surface area contributed by atoms with Gasteiger partial charge in [-0.15, -0.1) is 0 Å². The number of likely N-dealkylation sites (N-methyl/N-ethyl adjacent to an activating group) is 2. The van der Waals surface area contributed by atoms with E-state index in [4.69, 9.17) is 9.57 Å². The third-order valence-electron chi connectivity index (χ3n) is 2.51. The number of nitrogens with zero attached hydrogens (tertiary/aromatic N) is 2. The average Bonchev–Trinajstić information content (AvgIpc) is 2.44. The highest BCUT2D eigenvalue weighted by Gasteiger charge is 2.16. The van der Waals surface area contributed by atoms with Gasteiger partial charge >= 0.3 is 6.09 Å². The number of amides is 2. The number of hydrogen-bond acceptors (Lipinski definition) is 4. The molecule has 0 saturated carbocycles. The summed E-state index contributed by atoms with van der Waals surface area (Å²) < 4.78 is 5.08. The second kappa shape index (κ2) is 7.38. The first-order valence-electron chi connectivity index (χ1n) is 5.77. The molecule has 104 valence electrons. The zero-order valence-corrected chi connectivity index (χ0v) is 11.3. The molecule has 0 radical (unpaired) electrons. The topological polar surface area (TPSA) is 59.1 Å². The lowest BCUT2D eigenvalue weighted by atomic mass is 10.2. The van der Waals surface area contributed by atoms with Crippen molar-refractivity contribution in [2.75, 3.05) is 27.7 Å². The van der Waals surface area contributed by atoms with Crippen LogP contribution in [-0.4, -0.2) is 49.7 Å². The van der Waals surface area contributed by atoms with Crippen LogP contribution in [0.4, 0.5) is 4.79 Å². The SMILES string of the molecule is CON(C)C(=O)CN(C)C(=O)OCc1ccccc1. The molecule has 1 aromatic rings. The van der Waals surface area contributed by atoms with E-state index in [0.717, 1.165) is 10.6 Å². The van der Waals surface area contributed by atoms with E-state index in [2.05, 4.69) is 0 Å². The highest BCUT2D eigenvalue weighted by Crippen LogP contribution is 2.02. The maximum atomic E-state index is 11.7. The van der Waals surface area contributed by atoms with Gasteiger partial charge in [-0.05, 0) is 5.56 Å². The number of hydrogen-bond donors (Lipinski definition) is 0. The summed E-state index contributed by atoms with van der Waals surface area (Å²) in [5.74, 6) is -0.332. The molecule has 1 rings (SSSR count). The third-order valence-corrected chi connectivity index (χ3v) is 2.51. The molecule has 0 N–H and O–H groups in total.